The number of piperazine rings is 1. The highest BCUT2D eigenvalue weighted by Gasteiger charge is 2.27. The molecule has 1 aromatic carbocycles. The Morgan fingerprint density at radius 1 is 1.16 bits per heavy atom. The first-order valence-electron chi connectivity index (χ1n) is 9.03. The number of aliphatic imine (C=N–C) groups is 1. The van der Waals surface area contributed by atoms with E-state index in [1.165, 1.54) is 5.69 Å². The molecule has 0 aliphatic carbocycles. The standard InChI is InChI=1S/C19H31N5O/c1-5-21-18(22-15-19(2,3)17(25)20-4)24-13-11-23(12-14-24)16-9-7-6-8-10-16/h6-10H,5,11-15H2,1-4H3,(H,20,25)(H,21,22). The van der Waals surface area contributed by atoms with Crippen LogP contribution in [0.15, 0.2) is 35.3 Å². The maximum Gasteiger partial charge on any atom is 0.227 e. The fraction of sp³-hybridized carbons (Fsp3) is 0.579. The molecule has 0 spiro atoms. The lowest BCUT2D eigenvalue weighted by Crippen LogP contribution is -2.53. The highest BCUT2D eigenvalue weighted by Crippen LogP contribution is 2.17. The predicted molar refractivity (Wildman–Crippen MR) is 104 cm³/mol. The molecule has 138 valence electrons. The van der Waals surface area contributed by atoms with E-state index >= 15 is 0 Å². The van der Waals surface area contributed by atoms with Gasteiger partial charge < -0.3 is 20.4 Å². The number of nitrogens with zero attached hydrogens (tertiary/aromatic N) is 3. The lowest BCUT2D eigenvalue weighted by Gasteiger charge is -2.38. The molecule has 1 aliphatic rings. The first-order valence-corrected chi connectivity index (χ1v) is 9.03. The third-order valence-corrected chi connectivity index (χ3v) is 4.50. The Bertz CT molecular complexity index is 577. The van der Waals surface area contributed by atoms with Crippen molar-refractivity contribution >= 4 is 17.6 Å². The third kappa shape index (κ3) is 5.11. The highest BCUT2D eigenvalue weighted by molar-refractivity contribution is 5.83. The van der Waals surface area contributed by atoms with Crippen molar-refractivity contribution in [3.8, 4) is 0 Å². The van der Waals surface area contributed by atoms with Gasteiger partial charge in [0, 0.05) is 45.5 Å². The van der Waals surface area contributed by atoms with Gasteiger partial charge in [0.25, 0.3) is 0 Å². The van der Waals surface area contributed by atoms with Gasteiger partial charge in [0.05, 0.1) is 12.0 Å². The van der Waals surface area contributed by atoms with Crippen LogP contribution in [0, 0.1) is 5.41 Å². The number of carbonyl (C=O) groups excluding carboxylic acids is 1. The molecule has 0 unspecified atom stereocenters. The summed E-state index contributed by atoms with van der Waals surface area (Å²) in [6.07, 6.45) is 0. The average molecular weight is 345 g/mol. The summed E-state index contributed by atoms with van der Waals surface area (Å²) in [4.78, 5) is 21.4. The van der Waals surface area contributed by atoms with Gasteiger partial charge in [0.15, 0.2) is 5.96 Å². The number of nitrogens with one attached hydrogen (secondary N) is 2. The van der Waals surface area contributed by atoms with Crippen LogP contribution in [0.2, 0.25) is 0 Å². The van der Waals surface area contributed by atoms with Crippen LogP contribution >= 0.6 is 0 Å². The van der Waals surface area contributed by atoms with Crippen LogP contribution in [0.4, 0.5) is 5.69 Å². The van der Waals surface area contributed by atoms with E-state index in [1.807, 2.05) is 19.9 Å². The van der Waals surface area contributed by atoms with Crippen LogP contribution < -0.4 is 15.5 Å². The van der Waals surface area contributed by atoms with Crippen molar-refractivity contribution in [3.05, 3.63) is 30.3 Å². The van der Waals surface area contributed by atoms with Crippen molar-refractivity contribution in [3.63, 3.8) is 0 Å². The molecule has 1 amide bonds. The Kier molecular flexibility index (Phi) is 6.67. The van der Waals surface area contributed by atoms with Crippen molar-refractivity contribution < 1.29 is 4.79 Å². The molecule has 2 N–H and O–H groups in total. The average Bonchev–Trinajstić information content (AvgIpc) is 2.65. The molecule has 1 fully saturated rings. The number of rotatable bonds is 5. The van der Waals surface area contributed by atoms with E-state index in [1.54, 1.807) is 7.05 Å². The molecule has 1 heterocycles. The predicted octanol–water partition coefficient (Wildman–Crippen LogP) is 1.55. The summed E-state index contributed by atoms with van der Waals surface area (Å²) in [5, 5.41) is 6.08. The van der Waals surface area contributed by atoms with Gasteiger partial charge in [-0.15, -0.1) is 0 Å². The number of carbonyl (C=O) groups is 1. The quantitative estimate of drug-likeness (QED) is 0.628. The van der Waals surface area contributed by atoms with Crippen molar-refractivity contribution in [2.24, 2.45) is 10.4 Å². The second-order valence-corrected chi connectivity index (χ2v) is 6.94. The SMILES string of the molecule is CCNC(=NCC(C)(C)C(=O)NC)N1CCN(c2ccccc2)CC1. The minimum Gasteiger partial charge on any atom is -0.368 e. The fourth-order valence-corrected chi connectivity index (χ4v) is 2.92. The van der Waals surface area contributed by atoms with Crippen LogP contribution in [0.25, 0.3) is 0 Å². The van der Waals surface area contributed by atoms with Crippen LogP contribution in [0.5, 0.6) is 0 Å². The zero-order chi connectivity index (χ0) is 18.3. The van der Waals surface area contributed by atoms with E-state index < -0.39 is 5.41 Å². The normalized spacial score (nSPS) is 15.9. The first kappa shape index (κ1) is 19.1. The van der Waals surface area contributed by atoms with E-state index in [2.05, 4.69) is 51.6 Å². The van der Waals surface area contributed by atoms with Gasteiger partial charge >= 0.3 is 0 Å². The van der Waals surface area contributed by atoms with Gasteiger partial charge in [-0.25, -0.2) is 0 Å². The summed E-state index contributed by atoms with van der Waals surface area (Å²) < 4.78 is 0. The van der Waals surface area contributed by atoms with E-state index in [0.29, 0.717) is 6.54 Å². The maximum atomic E-state index is 12.0. The van der Waals surface area contributed by atoms with Gasteiger partial charge in [0.2, 0.25) is 5.91 Å². The van der Waals surface area contributed by atoms with Gasteiger partial charge in [-0.2, -0.15) is 0 Å². The molecule has 6 heteroatoms. The number of hydrogen-bond acceptors (Lipinski definition) is 3. The molecule has 0 saturated carbocycles. The molecule has 0 radical (unpaired) electrons. The molecule has 0 bridgehead atoms. The Hall–Kier alpha value is -2.24. The molecule has 1 saturated heterocycles. The summed E-state index contributed by atoms with van der Waals surface area (Å²) in [6, 6.07) is 10.5. The van der Waals surface area contributed by atoms with Gasteiger partial charge in [-0.3, -0.25) is 9.79 Å². The van der Waals surface area contributed by atoms with Gasteiger partial charge in [-0.05, 0) is 32.9 Å². The highest BCUT2D eigenvalue weighted by atomic mass is 16.2. The minimum atomic E-state index is -0.513. The smallest absolute Gasteiger partial charge is 0.227 e. The number of anilines is 1. The zero-order valence-corrected chi connectivity index (χ0v) is 15.9. The molecule has 25 heavy (non-hydrogen) atoms. The second kappa shape index (κ2) is 8.74. The number of amides is 1. The second-order valence-electron chi connectivity index (χ2n) is 6.94. The van der Waals surface area contributed by atoms with E-state index in [9.17, 15) is 4.79 Å². The Balaban J connectivity index is 1.99. The fourth-order valence-electron chi connectivity index (χ4n) is 2.92. The minimum absolute atomic E-state index is 0.0148. The largest absolute Gasteiger partial charge is 0.368 e. The van der Waals surface area contributed by atoms with Crippen LogP contribution in [0.1, 0.15) is 20.8 Å². The van der Waals surface area contributed by atoms with Crippen LogP contribution in [-0.4, -0.2) is 63.1 Å². The number of para-hydroxylation sites is 1. The monoisotopic (exact) mass is 345 g/mol. The summed E-state index contributed by atoms with van der Waals surface area (Å²) in [7, 11) is 1.67. The molecule has 0 atom stereocenters. The summed E-state index contributed by atoms with van der Waals surface area (Å²) in [5.74, 6) is 0.910. The van der Waals surface area contributed by atoms with E-state index in [0.717, 1.165) is 38.7 Å². The molecule has 6 nitrogen and oxygen atoms in total. The number of guanidine groups is 1. The molecular weight excluding hydrogens is 314 g/mol. The summed E-state index contributed by atoms with van der Waals surface area (Å²) in [5.41, 5.74) is 0.756. The number of benzene rings is 1. The van der Waals surface area contributed by atoms with Crippen molar-refractivity contribution in [1.82, 2.24) is 15.5 Å². The topological polar surface area (TPSA) is 60.0 Å². The molecule has 0 aromatic heterocycles. The lowest BCUT2D eigenvalue weighted by molar-refractivity contribution is -0.128. The zero-order valence-electron chi connectivity index (χ0n) is 15.9. The Morgan fingerprint density at radius 3 is 2.36 bits per heavy atom. The first-order chi connectivity index (χ1) is 12.0. The Labute approximate surface area is 151 Å². The number of hydrogen-bond donors (Lipinski definition) is 2. The van der Waals surface area contributed by atoms with Crippen molar-refractivity contribution in [2.75, 3.05) is 51.2 Å². The maximum absolute atomic E-state index is 12.0. The van der Waals surface area contributed by atoms with E-state index in [-0.39, 0.29) is 5.91 Å². The molecule has 1 aliphatic heterocycles. The molecule has 2 rings (SSSR count). The van der Waals surface area contributed by atoms with Gasteiger partial charge in [-0.1, -0.05) is 18.2 Å². The van der Waals surface area contributed by atoms with Crippen molar-refractivity contribution in [1.29, 1.82) is 0 Å². The third-order valence-electron chi connectivity index (χ3n) is 4.50. The van der Waals surface area contributed by atoms with Crippen molar-refractivity contribution in [2.45, 2.75) is 20.8 Å². The van der Waals surface area contributed by atoms with E-state index in [4.69, 9.17) is 4.99 Å². The van der Waals surface area contributed by atoms with Gasteiger partial charge in [0.1, 0.15) is 0 Å². The lowest BCUT2D eigenvalue weighted by atomic mass is 9.93. The van der Waals surface area contributed by atoms with Crippen LogP contribution in [0.3, 0.4) is 0 Å². The molecular formula is C19H31N5O. The summed E-state index contributed by atoms with van der Waals surface area (Å²) >= 11 is 0. The Morgan fingerprint density at radius 2 is 1.80 bits per heavy atom. The summed E-state index contributed by atoms with van der Waals surface area (Å²) in [6.45, 7) is 11.0. The van der Waals surface area contributed by atoms with Crippen LogP contribution in [-0.2, 0) is 4.79 Å². The molecule has 1 aromatic rings.